The Kier molecular flexibility index (Phi) is 4.19. The first-order valence-electron chi connectivity index (χ1n) is 7.35. The average Bonchev–Trinajstić information content (AvgIpc) is 2.90. The molecule has 0 aromatic carbocycles. The van der Waals surface area contributed by atoms with Crippen LogP contribution in [0.5, 0.6) is 0 Å². The Bertz CT molecular complexity index is 626. The van der Waals surface area contributed by atoms with E-state index in [0.29, 0.717) is 4.77 Å². The molecule has 21 heavy (non-hydrogen) atoms. The van der Waals surface area contributed by atoms with Gasteiger partial charge in [-0.15, -0.1) is 5.10 Å². The van der Waals surface area contributed by atoms with Gasteiger partial charge in [0.2, 0.25) is 5.95 Å². The highest BCUT2D eigenvalue weighted by Gasteiger charge is 2.21. The van der Waals surface area contributed by atoms with Gasteiger partial charge in [0, 0.05) is 38.9 Å². The number of pyridine rings is 1. The maximum atomic E-state index is 5.31. The Morgan fingerprint density at radius 1 is 1.19 bits per heavy atom. The van der Waals surface area contributed by atoms with Gasteiger partial charge in [0.05, 0.1) is 0 Å². The maximum Gasteiger partial charge on any atom is 0.225 e. The smallest absolute Gasteiger partial charge is 0.225 e. The second kappa shape index (κ2) is 6.26. The van der Waals surface area contributed by atoms with Crippen molar-refractivity contribution in [2.24, 2.45) is 0 Å². The third-order valence-electron chi connectivity index (χ3n) is 3.72. The first kappa shape index (κ1) is 14.1. The molecule has 0 radical (unpaired) electrons. The molecule has 0 atom stereocenters. The first-order valence-corrected chi connectivity index (χ1v) is 7.76. The summed E-state index contributed by atoms with van der Waals surface area (Å²) in [7, 11) is 0. The summed E-state index contributed by atoms with van der Waals surface area (Å²) >= 11 is 5.31. The van der Waals surface area contributed by atoms with Crippen molar-refractivity contribution in [2.75, 3.05) is 36.0 Å². The average molecular weight is 304 g/mol. The number of rotatable bonds is 4. The van der Waals surface area contributed by atoms with Gasteiger partial charge < -0.3 is 9.80 Å². The molecule has 0 aliphatic carbocycles. The Hall–Kier alpha value is -1.89. The second-order valence-electron chi connectivity index (χ2n) is 5.14. The molecule has 1 fully saturated rings. The Morgan fingerprint density at radius 2 is 1.95 bits per heavy atom. The van der Waals surface area contributed by atoms with Crippen LogP contribution in [0.2, 0.25) is 0 Å². The van der Waals surface area contributed by atoms with Gasteiger partial charge in [0.15, 0.2) is 4.77 Å². The maximum absolute atomic E-state index is 5.31. The molecule has 3 rings (SSSR count). The fraction of sp³-hybridized carbons (Fsp3) is 0.500. The van der Waals surface area contributed by atoms with Crippen LogP contribution in [-0.4, -0.2) is 45.9 Å². The summed E-state index contributed by atoms with van der Waals surface area (Å²) in [5.41, 5.74) is 0. The van der Waals surface area contributed by atoms with Gasteiger partial charge in [0.1, 0.15) is 5.82 Å². The molecule has 3 heterocycles. The Balaban J connectivity index is 1.70. The highest BCUT2D eigenvalue weighted by atomic mass is 32.1. The summed E-state index contributed by atoms with van der Waals surface area (Å²) < 4.78 is 2.80. The number of H-pyrrole nitrogens is 1. The topological polar surface area (TPSA) is 53.0 Å². The standard InChI is InChI=1S/C14H20N6S/c1-2-7-20-13(16-17-14(20)21)19-10-8-18(9-11-19)12-5-3-4-6-15-12/h3-6H,2,7-11H2,1H3,(H,17,21). The van der Waals surface area contributed by atoms with Crippen molar-refractivity contribution in [1.82, 2.24) is 19.7 Å². The van der Waals surface area contributed by atoms with Gasteiger partial charge >= 0.3 is 0 Å². The molecule has 0 saturated carbocycles. The Morgan fingerprint density at radius 3 is 2.62 bits per heavy atom. The van der Waals surface area contributed by atoms with E-state index in [1.54, 1.807) is 0 Å². The third kappa shape index (κ3) is 2.92. The number of hydrogen-bond donors (Lipinski definition) is 1. The lowest BCUT2D eigenvalue weighted by Gasteiger charge is -2.35. The molecule has 1 aliphatic rings. The van der Waals surface area contributed by atoms with Crippen molar-refractivity contribution in [3.8, 4) is 0 Å². The van der Waals surface area contributed by atoms with E-state index in [2.05, 4.69) is 42.5 Å². The van der Waals surface area contributed by atoms with Crippen molar-refractivity contribution in [2.45, 2.75) is 19.9 Å². The molecule has 112 valence electrons. The van der Waals surface area contributed by atoms with E-state index in [9.17, 15) is 0 Å². The lowest BCUT2D eigenvalue weighted by atomic mass is 10.3. The highest BCUT2D eigenvalue weighted by molar-refractivity contribution is 7.71. The summed E-state index contributed by atoms with van der Waals surface area (Å²) in [6.07, 6.45) is 2.89. The molecule has 2 aromatic heterocycles. The molecule has 0 bridgehead atoms. The quantitative estimate of drug-likeness (QED) is 0.876. The van der Waals surface area contributed by atoms with Gasteiger partial charge in [0.25, 0.3) is 0 Å². The van der Waals surface area contributed by atoms with Crippen molar-refractivity contribution >= 4 is 24.0 Å². The Labute approximate surface area is 129 Å². The van der Waals surface area contributed by atoms with Crippen LogP contribution >= 0.6 is 12.2 Å². The number of anilines is 2. The van der Waals surface area contributed by atoms with E-state index in [1.807, 2.05) is 18.3 Å². The molecular weight excluding hydrogens is 284 g/mol. The summed E-state index contributed by atoms with van der Waals surface area (Å²) in [5, 5.41) is 7.30. The minimum absolute atomic E-state index is 0.707. The number of piperazine rings is 1. The molecule has 1 aliphatic heterocycles. The van der Waals surface area contributed by atoms with Gasteiger partial charge in [-0.05, 0) is 30.8 Å². The monoisotopic (exact) mass is 304 g/mol. The predicted molar refractivity (Wildman–Crippen MR) is 86.4 cm³/mol. The van der Waals surface area contributed by atoms with E-state index < -0.39 is 0 Å². The molecule has 6 nitrogen and oxygen atoms in total. The molecule has 2 aromatic rings. The van der Waals surface area contributed by atoms with Crippen molar-refractivity contribution < 1.29 is 0 Å². The van der Waals surface area contributed by atoms with Gasteiger partial charge in [-0.25, -0.2) is 10.1 Å². The second-order valence-corrected chi connectivity index (χ2v) is 5.53. The van der Waals surface area contributed by atoms with E-state index in [4.69, 9.17) is 12.2 Å². The van der Waals surface area contributed by atoms with Crippen LogP contribution in [0.15, 0.2) is 24.4 Å². The van der Waals surface area contributed by atoms with Crippen LogP contribution in [0.3, 0.4) is 0 Å². The molecule has 7 heteroatoms. The lowest BCUT2D eigenvalue weighted by Crippen LogP contribution is -2.47. The van der Waals surface area contributed by atoms with Crippen LogP contribution in [0, 0.1) is 4.77 Å². The molecule has 1 N–H and O–H groups in total. The lowest BCUT2D eigenvalue weighted by molar-refractivity contribution is 0.598. The molecular formula is C14H20N6S. The van der Waals surface area contributed by atoms with Gasteiger partial charge in [-0.3, -0.25) is 4.57 Å². The molecule has 1 saturated heterocycles. The zero-order chi connectivity index (χ0) is 14.7. The van der Waals surface area contributed by atoms with Gasteiger partial charge in [-0.1, -0.05) is 13.0 Å². The minimum Gasteiger partial charge on any atom is -0.353 e. The van der Waals surface area contributed by atoms with Crippen molar-refractivity contribution in [3.05, 3.63) is 29.2 Å². The van der Waals surface area contributed by atoms with Crippen molar-refractivity contribution in [3.63, 3.8) is 0 Å². The molecule has 0 amide bonds. The van der Waals surface area contributed by atoms with Crippen LogP contribution in [0.1, 0.15) is 13.3 Å². The third-order valence-corrected chi connectivity index (χ3v) is 4.03. The number of nitrogens with one attached hydrogen (secondary N) is 1. The van der Waals surface area contributed by atoms with Crippen LogP contribution in [-0.2, 0) is 6.54 Å². The number of aromatic amines is 1. The largest absolute Gasteiger partial charge is 0.353 e. The number of hydrogen-bond acceptors (Lipinski definition) is 5. The van der Waals surface area contributed by atoms with E-state index in [-0.39, 0.29) is 0 Å². The first-order chi connectivity index (χ1) is 10.3. The number of nitrogens with zero attached hydrogens (tertiary/aromatic N) is 5. The fourth-order valence-electron chi connectivity index (χ4n) is 2.65. The normalized spacial score (nSPS) is 15.5. The summed E-state index contributed by atoms with van der Waals surface area (Å²) in [6, 6.07) is 6.03. The molecule has 0 spiro atoms. The van der Waals surface area contributed by atoms with Crippen LogP contribution < -0.4 is 9.80 Å². The fourth-order valence-corrected chi connectivity index (χ4v) is 2.87. The summed E-state index contributed by atoms with van der Waals surface area (Å²) in [5.74, 6) is 2.01. The zero-order valence-electron chi connectivity index (χ0n) is 12.2. The van der Waals surface area contributed by atoms with E-state index in [0.717, 1.165) is 50.9 Å². The zero-order valence-corrected chi connectivity index (χ0v) is 13.0. The molecule has 0 unspecified atom stereocenters. The summed E-state index contributed by atoms with van der Waals surface area (Å²) in [6.45, 7) is 6.81. The SMILES string of the molecule is CCCn1c(N2CCN(c3ccccn3)CC2)n[nH]c1=S. The van der Waals surface area contributed by atoms with Gasteiger partial charge in [-0.2, -0.15) is 0 Å². The van der Waals surface area contributed by atoms with Crippen molar-refractivity contribution in [1.29, 1.82) is 0 Å². The minimum atomic E-state index is 0.707. The highest BCUT2D eigenvalue weighted by Crippen LogP contribution is 2.17. The predicted octanol–water partition coefficient (Wildman–Crippen LogP) is 2.07. The number of aromatic nitrogens is 4. The van der Waals surface area contributed by atoms with Crippen LogP contribution in [0.25, 0.3) is 0 Å². The van der Waals surface area contributed by atoms with E-state index >= 15 is 0 Å². The van der Waals surface area contributed by atoms with Crippen LogP contribution in [0.4, 0.5) is 11.8 Å². The summed E-state index contributed by atoms with van der Waals surface area (Å²) in [4.78, 5) is 9.02. The van der Waals surface area contributed by atoms with E-state index in [1.165, 1.54) is 0 Å².